The first-order valence-electron chi connectivity index (χ1n) is 15.5. The highest BCUT2D eigenvalue weighted by Gasteiger charge is 2.23. The topological polar surface area (TPSA) is 128 Å². The summed E-state index contributed by atoms with van der Waals surface area (Å²) in [5.41, 5.74) is 5.53. The van der Waals surface area contributed by atoms with Gasteiger partial charge in [0.2, 0.25) is 12.7 Å². The number of carbonyl (C=O) groups is 3. The van der Waals surface area contributed by atoms with Gasteiger partial charge in [-0.2, -0.15) is 0 Å². The smallest absolute Gasteiger partial charge is 0.256 e. The van der Waals surface area contributed by atoms with Crippen molar-refractivity contribution >= 4 is 29.1 Å². The number of amides is 3. The van der Waals surface area contributed by atoms with E-state index in [9.17, 15) is 19.2 Å². The molecule has 2 aliphatic rings. The molecule has 2 N–H and O–H groups in total. The monoisotopic (exact) mass is 636 g/mol. The van der Waals surface area contributed by atoms with Gasteiger partial charge in [-0.15, -0.1) is 0 Å². The van der Waals surface area contributed by atoms with Crippen LogP contribution in [0, 0.1) is 6.92 Å². The van der Waals surface area contributed by atoms with Crippen molar-refractivity contribution in [2.75, 3.05) is 43.7 Å². The quantitative estimate of drug-likeness (QED) is 0.286. The zero-order chi connectivity index (χ0) is 33.1. The lowest BCUT2D eigenvalue weighted by Gasteiger charge is -2.27. The second kappa shape index (κ2) is 13.5. The van der Waals surface area contributed by atoms with E-state index in [4.69, 9.17) is 14.2 Å². The summed E-state index contributed by atoms with van der Waals surface area (Å²) in [4.78, 5) is 53.9. The fraction of sp³-hybridized carbons (Fsp3) is 0.278. The minimum atomic E-state index is -0.286. The van der Waals surface area contributed by atoms with E-state index in [0.717, 1.165) is 22.3 Å². The third-order valence-corrected chi connectivity index (χ3v) is 8.39. The summed E-state index contributed by atoms with van der Waals surface area (Å²) in [6, 6.07) is 17.8. The highest BCUT2D eigenvalue weighted by Crippen LogP contribution is 2.34. The Morgan fingerprint density at radius 3 is 2.47 bits per heavy atom. The van der Waals surface area contributed by atoms with Gasteiger partial charge in [0.05, 0.1) is 24.5 Å². The molecule has 11 heteroatoms. The van der Waals surface area contributed by atoms with Crippen LogP contribution in [0.2, 0.25) is 0 Å². The first-order chi connectivity index (χ1) is 22.7. The zero-order valence-electron chi connectivity index (χ0n) is 26.6. The first-order valence-corrected chi connectivity index (χ1v) is 15.5. The molecular weight excluding hydrogens is 600 g/mol. The van der Waals surface area contributed by atoms with Gasteiger partial charge < -0.3 is 34.3 Å². The lowest BCUT2D eigenvalue weighted by Crippen LogP contribution is -2.41. The fourth-order valence-electron chi connectivity index (χ4n) is 5.76. The maximum absolute atomic E-state index is 13.3. The zero-order valence-corrected chi connectivity index (χ0v) is 26.6. The average molecular weight is 637 g/mol. The number of ether oxygens (including phenoxy) is 3. The van der Waals surface area contributed by atoms with Crippen LogP contribution in [0.5, 0.6) is 11.5 Å². The molecule has 0 unspecified atom stereocenters. The van der Waals surface area contributed by atoms with Crippen LogP contribution in [0.25, 0.3) is 11.1 Å². The molecule has 6 rings (SSSR count). The Labute approximate surface area is 272 Å². The summed E-state index contributed by atoms with van der Waals surface area (Å²) in [5.74, 6) is 0.456. The normalized spacial score (nSPS) is 13.7. The molecule has 1 fully saturated rings. The van der Waals surface area contributed by atoms with Gasteiger partial charge in [-0.3, -0.25) is 19.2 Å². The van der Waals surface area contributed by atoms with Gasteiger partial charge >= 0.3 is 0 Å². The molecule has 3 aromatic carbocycles. The van der Waals surface area contributed by atoms with E-state index < -0.39 is 0 Å². The molecule has 3 amide bonds. The van der Waals surface area contributed by atoms with Crippen molar-refractivity contribution in [1.82, 2.24) is 9.47 Å². The highest BCUT2D eigenvalue weighted by molar-refractivity contribution is 6.06. The molecule has 0 atom stereocenters. The minimum Gasteiger partial charge on any atom is -0.454 e. The van der Waals surface area contributed by atoms with Crippen molar-refractivity contribution in [3.63, 3.8) is 0 Å². The van der Waals surface area contributed by atoms with Gasteiger partial charge in [-0.05, 0) is 71.6 Å². The predicted octanol–water partition coefficient (Wildman–Crippen LogP) is 4.75. The molecule has 0 aliphatic carbocycles. The van der Waals surface area contributed by atoms with Crippen LogP contribution >= 0.6 is 0 Å². The van der Waals surface area contributed by atoms with E-state index >= 15 is 0 Å². The highest BCUT2D eigenvalue weighted by atomic mass is 16.7. The number of morpholine rings is 1. The van der Waals surface area contributed by atoms with Crippen LogP contribution in [0.1, 0.15) is 50.8 Å². The number of nitrogens with zero attached hydrogens (tertiary/aromatic N) is 2. The Morgan fingerprint density at radius 2 is 1.68 bits per heavy atom. The van der Waals surface area contributed by atoms with Crippen molar-refractivity contribution in [2.45, 2.75) is 26.7 Å². The number of carbonyl (C=O) groups excluding carboxylic acids is 3. The van der Waals surface area contributed by atoms with Gasteiger partial charge in [-0.1, -0.05) is 25.1 Å². The summed E-state index contributed by atoms with van der Waals surface area (Å²) in [7, 11) is 1.70. The van der Waals surface area contributed by atoms with Crippen LogP contribution in [0.3, 0.4) is 0 Å². The van der Waals surface area contributed by atoms with E-state index in [2.05, 4.69) is 10.6 Å². The van der Waals surface area contributed by atoms with Crippen molar-refractivity contribution < 1.29 is 28.6 Å². The molecule has 3 heterocycles. The number of fused-ring (bicyclic) bond motifs is 1. The Balaban J connectivity index is 1.28. The summed E-state index contributed by atoms with van der Waals surface area (Å²) in [5, 5.41) is 5.87. The summed E-state index contributed by atoms with van der Waals surface area (Å²) >= 11 is 0. The lowest BCUT2D eigenvalue weighted by atomic mass is 9.96. The molecule has 0 saturated carbocycles. The van der Waals surface area contributed by atoms with Crippen LogP contribution in [-0.2, 0) is 23.0 Å². The van der Waals surface area contributed by atoms with Crippen LogP contribution < -0.4 is 25.7 Å². The maximum Gasteiger partial charge on any atom is 0.256 e. The molecule has 0 bridgehead atoms. The Morgan fingerprint density at radius 1 is 0.894 bits per heavy atom. The van der Waals surface area contributed by atoms with Crippen molar-refractivity contribution in [1.29, 1.82) is 0 Å². The van der Waals surface area contributed by atoms with E-state index in [0.29, 0.717) is 65.9 Å². The van der Waals surface area contributed by atoms with Gasteiger partial charge in [0, 0.05) is 56.0 Å². The van der Waals surface area contributed by atoms with E-state index in [1.54, 1.807) is 55.4 Å². The third-order valence-electron chi connectivity index (χ3n) is 8.39. The number of anilines is 2. The lowest BCUT2D eigenvalue weighted by molar-refractivity contribution is -0.115. The molecule has 242 valence electrons. The molecular formula is C36H36N4O7. The molecule has 4 aromatic rings. The number of nitrogens with one attached hydrogen (secondary N) is 2. The number of aryl methyl sites for hydroxylation is 1. The summed E-state index contributed by atoms with van der Waals surface area (Å²) in [6.07, 6.45) is 2.31. The Hall–Kier alpha value is -5.42. The van der Waals surface area contributed by atoms with Crippen LogP contribution in [0.15, 0.2) is 71.7 Å². The number of rotatable bonds is 8. The standard InChI is InChI=1S/C36H36N4O7/c1-4-33(41)37-30-17-23(8-10-28(30)36(44)40-12-14-45-15-13-40)16-25-18-26(20-39(3)35(25)43)27-6-5-7-29(22(27)2)38-34(42)24-9-11-31-32(19-24)47-21-46-31/h5-11,17-20H,4,12-16,21H2,1-3H3,(H,37,41)(H,38,42). The van der Waals surface area contributed by atoms with Gasteiger partial charge in [0.1, 0.15) is 0 Å². The number of hydrogen-bond acceptors (Lipinski definition) is 7. The van der Waals surface area contributed by atoms with Gasteiger partial charge in [0.25, 0.3) is 17.4 Å². The van der Waals surface area contributed by atoms with E-state index in [-0.39, 0.29) is 42.9 Å². The van der Waals surface area contributed by atoms with Crippen molar-refractivity contribution in [3.05, 3.63) is 105 Å². The van der Waals surface area contributed by atoms with Crippen LogP contribution in [-0.4, -0.2) is 60.3 Å². The van der Waals surface area contributed by atoms with Crippen molar-refractivity contribution in [2.24, 2.45) is 7.05 Å². The SMILES string of the molecule is CCC(=O)Nc1cc(Cc2cc(-c3cccc(NC(=O)c4ccc5c(c4)OCO5)c3C)cn(C)c2=O)ccc1C(=O)N1CCOCC1. The average Bonchev–Trinajstić information content (AvgIpc) is 3.56. The van der Waals surface area contributed by atoms with Gasteiger partial charge in [-0.25, -0.2) is 0 Å². The summed E-state index contributed by atoms with van der Waals surface area (Å²) < 4.78 is 17.7. The first kappa shape index (κ1) is 31.6. The Kier molecular flexibility index (Phi) is 9.08. The third kappa shape index (κ3) is 6.75. The largest absolute Gasteiger partial charge is 0.454 e. The molecule has 47 heavy (non-hydrogen) atoms. The number of hydrogen-bond donors (Lipinski definition) is 2. The fourth-order valence-corrected chi connectivity index (χ4v) is 5.76. The number of benzene rings is 3. The second-order valence-electron chi connectivity index (χ2n) is 11.5. The molecule has 0 spiro atoms. The second-order valence-corrected chi connectivity index (χ2v) is 11.5. The number of pyridine rings is 1. The summed E-state index contributed by atoms with van der Waals surface area (Å²) in [6.45, 7) is 5.68. The van der Waals surface area contributed by atoms with E-state index in [1.807, 2.05) is 37.3 Å². The molecule has 0 radical (unpaired) electrons. The molecule has 2 aliphatic heterocycles. The molecule has 1 saturated heterocycles. The molecule has 11 nitrogen and oxygen atoms in total. The predicted molar refractivity (Wildman–Crippen MR) is 177 cm³/mol. The van der Waals surface area contributed by atoms with Gasteiger partial charge in [0.15, 0.2) is 11.5 Å². The Bertz CT molecular complexity index is 1930. The minimum absolute atomic E-state index is 0.125. The van der Waals surface area contributed by atoms with E-state index in [1.165, 1.54) is 4.57 Å². The number of aromatic nitrogens is 1. The maximum atomic E-state index is 13.3. The van der Waals surface area contributed by atoms with Crippen LogP contribution in [0.4, 0.5) is 11.4 Å². The molecule has 1 aromatic heterocycles. The van der Waals surface area contributed by atoms with Crippen molar-refractivity contribution in [3.8, 4) is 22.6 Å².